The van der Waals surface area contributed by atoms with E-state index in [4.69, 9.17) is 4.74 Å². The van der Waals surface area contributed by atoms with Crippen LogP contribution in [0, 0.1) is 5.92 Å². The zero-order valence-corrected chi connectivity index (χ0v) is 18.1. The van der Waals surface area contributed by atoms with Gasteiger partial charge in [-0.3, -0.25) is 14.9 Å². The van der Waals surface area contributed by atoms with Crippen LogP contribution in [0.1, 0.15) is 36.7 Å². The Balaban J connectivity index is 1.59. The van der Waals surface area contributed by atoms with Crippen LogP contribution in [-0.2, 0) is 11.3 Å². The molecule has 0 atom stereocenters. The predicted molar refractivity (Wildman–Crippen MR) is 120 cm³/mol. The first-order valence-corrected chi connectivity index (χ1v) is 10.6. The number of ether oxygens (including phenoxy) is 1. The Bertz CT molecular complexity index is 995. The zero-order valence-electron chi connectivity index (χ0n) is 17.3. The van der Waals surface area contributed by atoms with Crippen molar-refractivity contribution in [2.75, 3.05) is 11.9 Å². The molecule has 2 N–H and O–H groups in total. The fourth-order valence-corrected chi connectivity index (χ4v) is 3.33. The number of benzene rings is 2. The summed E-state index contributed by atoms with van der Waals surface area (Å²) < 4.78 is 5.65. The summed E-state index contributed by atoms with van der Waals surface area (Å²) in [7, 11) is 0. The molecule has 7 heteroatoms. The summed E-state index contributed by atoms with van der Waals surface area (Å²) in [6.07, 6.45) is 0. The van der Waals surface area contributed by atoms with E-state index in [1.807, 2.05) is 29.6 Å². The third-order valence-electron chi connectivity index (χ3n) is 4.22. The number of carbonyl (C=O) groups excluding carboxylic acids is 2. The first kappa shape index (κ1) is 21.5. The number of aromatic nitrogens is 1. The lowest BCUT2D eigenvalue weighted by Crippen LogP contribution is -2.18. The molecule has 3 rings (SSSR count). The molecular weight excluding hydrogens is 398 g/mol. The Hall–Kier alpha value is -3.19. The molecule has 6 nitrogen and oxygen atoms in total. The minimum atomic E-state index is -0.211. The number of anilines is 1. The van der Waals surface area contributed by atoms with Gasteiger partial charge in [-0.25, -0.2) is 4.98 Å². The molecule has 0 saturated heterocycles. The third kappa shape index (κ3) is 6.15. The maximum absolute atomic E-state index is 12.5. The zero-order chi connectivity index (χ0) is 21.5. The normalized spacial score (nSPS) is 10.7. The summed E-state index contributed by atoms with van der Waals surface area (Å²) in [5, 5.41) is 8.06. The van der Waals surface area contributed by atoms with Crippen LogP contribution in [0.4, 0.5) is 5.13 Å². The molecule has 1 heterocycles. The van der Waals surface area contributed by atoms with Gasteiger partial charge in [0.05, 0.1) is 12.3 Å². The van der Waals surface area contributed by atoms with E-state index < -0.39 is 0 Å². The molecule has 156 valence electrons. The Morgan fingerprint density at radius 1 is 1.07 bits per heavy atom. The Morgan fingerprint density at radius 2 is 1.77 bits per heavy atom. The van der Waals surface area contributed by atoms with Crippen molar-refractivity contribution in [3.8, 4) is 17.0 Å². The molecule has 0 aliphatic heterocycles. The summed E-state index contributed by atoms with van der Waals surface area (Å²) >= 11 is 1.38. The van der Waals surface area contributed by atoms with E-state index in [0.717, 1.165) is 22.6 Å². The smallest absolute Gasteiger partial charge is 0.257 e. The Kier molecular flexibility index (Phi) is 7.19. The van der Waals surface area contributed by atoms with Gasteiger partial charge in [0.1, 0.15) is 5.75 Å². The largest absolute Gasteiger partial charge is 0.493 e. The van der Waals surface area contributed by atoms with E-state index >= 15 is 0 Å². The molecule has 0 fully saturated rings. The van der Waals surface area contributed by atoms with Gasteiger partial charge in [-0.1, -0.05) is 38.1 Å². The number of nitrogens with zero attached hydrogens (tertiary/aromatic N) is 1. The lowest BCUT2D eigenvalue weighted by Gasteiger charge is -2.09. The molecule has 0 aliphatic rings. The topological polar surface area (TPSA) is 80.3 Å². The molecule has 0 spiro atoms. The van der Waals surface area contributed by atoms with Crippen molar-refractivity contribution >= 4 is 28.3 Å². The maximum atomic E-state index is 12.5. The number of nitrogens with one attached hydrogen (secondary N) is 2. The molecule has 0 radical (unpaired) electrons. The van der Waals surface area contributed by atoms with Crippen LogP contribution >= 0.6 is 11.3 Å². The lowest BCUT2D eigenvalue weighted by molar-refractivity contribution is -0.119. The maximum Gasteiger partial charge on any atom is 0.257 e. The molecule has 2 aromatic carbocycles. The predicted octanol–water partition coefficient (Wildman–Crippen LogP) is 4.73. The number of hydrogen-bond donors (Lipinski definition) is 2. The van der Waals surface area contributed by atoms with Crippen LogP contribution < -0.4 is 15.4 Å². The van der Waals surface area contributed by atoms with Crippen molar-refractivity contribution in [2.24, 2.45) is 5.92 Å². The van der Waals surface area contributed by atoms with Crippen molar-refractivity contribution in [1.29, 1.82) is 0 Å². The molecule has 0 aliphatic carbocycles. The van der Waals surface area contributed by atoms with E-state index in [1.165, 1.54) is 18.3 Å². The van der Waals surface area contributed by atoms with E-state index in [0.29, 0.717) is 29.8 Å². The Labute approximate surface area is 180 Å². The standard InChI is InChI=1S/C23H25N3O3S/c1-15(2)13-29-20-10-8-19(9-11-20)22(28)26-23-25-21(14-30-23)18-6-4-17(5-7-18)12-24-16(3)27/h4-11,14-15H,12-13H2,1-3H3,(H,24,27)(H,25,26,28). The SMILES string of the molecule is CC(=O)NCc1ccc(-c2csc(NC(=O)c3ccc(OCC(C)C)cc3)n2)cc1. The van der Waals surface area contributed by atoms with Gasteiger partial charge in [-0.15, -0.1) is 11.3 Å². The van der Waals surface area contributed by atoms with Gasteiger partial charge < -0.3 is 10.1 Å². The highest BCUT2D eigenvalue weighted by atomic mass is 32.1. The molecule has 1 aromatic heterocycles. The van der Waals surface area contributed by atoms with E-state index in [1.54, 1.807) is 24.3 Å². The van der Waals surface area contributed by atoms with Crippen molar-refractivity contribution in [1.82, 2.24) is 10.3 Å². The number of rotatable bonds is 8. The molecule has 3 aromatic rings. The van der Waals surface area contributed by atoms with Crippen molar-refractivity contribution in [3.63, 3.8) is 0 Å². The highest BCUT2D eigenvalue weighted by molar-refractivity contribution is 7.14. The quantitative estimate of drug-likeness (QED) is 0.549. The fraction of sp³-hybridized carbons (Fsp3) is 0.261. The highest BCUT2D eigenvalue weighted by Gasteiger charge is 2.11. The number of hydrogen-bond acceptors (Lipinski definition) is 5. The minimum Gasteiger partial charge on any atom is -0.493 e. The molecule has 30 heavy (non-hydrogen) atoms. The van der Waals surface area contributed by atoms with Crippen molar-refractivity contribution < 1.29 is 14.3 Å². The second-order valence-electron chi connectivity index (χ2n) is 7.33. The van der Waals surface area contributed by atoms with Gasteiger partial charge in [-0.2, -0.15) is 0 Å². The summed E-state index contributed by atoms with van der Waals surface area (Å²) in [5.41, 5.74) is 3.30. The average molecular weight is 424 g/mol. The highest BCUT2D eigenvalue weighted by Crippen LogP contribution is 2.25. The van der Waals surface area contributed by atoms with Crippen LogP contribution in [0.3, 0.4) is 0 Å². The second-order valence-corrected chi connectivity index (χ2v) is 8.19. The van der Waals surface area contributed by atoms with Crippen molar-refractivity contribution in [3.05, 3.63) is 65.0 Å². The van der Waals surface area contributed by atoms with Crippen molar-refractivity contribution in [2.45, 2.75) is 27.3 Å². The lowest BCUT2D eigenvalue weighted by atomic mass is 10.1. The first-order chi connectivity index (χ1) is 14.4. The van der Waals surface area contributed by atoms with Gasteiger partial charge >= 0.3 is 0 Å². The summed E-state index contributed by atoms with van der Waals surface area (Å²) in [6.45, 7) is 6.81. The van der Waals surface area contributed by atoms with Gasteiger partial charge in [-0.05, 0) is 35.7 Å². The summed E-state index contributed by atoms with van der Waals surface area (Å²) in [4.78, 5) is 28.0. The van der Waals surface area contributed by atoms with Crippen LogP contribution in [0.25, 0.3) is 11.3 Å². The number of thiazole rings is 1. The van der Waals surface area contributed by atoms with E-state index in [2.05, 4.69) is 29.5 Å². The number of carbonyl (C=O) groups is 2. The van der Waals surface area contributed by atoms with Gasteiger partial charge in [0, 0.05) is 30.0 Å². The van der Waals surface area contributed by atoms with E-state index in [9.17, 15) is 9.59 Å². The van der Waals surface area contributed by atoms with Crippen LogP contribution in [0.15, 0.2) is 53.9 Å². The monoisotopic (exact) mass is 423 g/mol. The summed E-state index contributed by atoms with van der Waals surface area (Å²) in [6, 6.07) is 14.9. The molecule has 2 amide bonds. The molecule has 0 unspecified atom stereocenters. The van der Waals surface area contributed by atoms with E-state index in [-0.39, 0.29) is 11.8 Å². The van der Waals surface area contributed by atoms with Crippen LogP contribution in [-0.4, -0.2) is 23.4 Å². The van der Waals surface area contributed by atoms with Gasteiger partial charge in [0.15, 0.2) is 5.13 Å². The van der Waals surface area contributed by atoms with Crippen LogP contribution in [0.2, 0.25) is 0 Å². The molecular formula is C23H25N3O3S. The third-order valence-corrected chi connectivity index (χ3v) is 4.97. The van der Waals surface area contributed by atoms with Gasteiger partial charge in [0.2, 0.25) is 5.91 Å². The summed E-state index contributed by atoms with van der Waals surface area (Å²) in [5.74, 6) is 0.924. The van der Waals surface area contributed by atoms with Crippen LogP contribution in [0.5, 0.6) is 5.75 Å². The minimum absolute atomic E-state index is 0.0586. The number of amides is 2. The average Bonchev–Trinajstić information content (AvgIpc) is 3.20. The molecule has 0 saturated carbocycles. The van der Waals surface area contributed by atoms with Gasteiger partial charge in [0.25, 0.3) is 5.91 Å². The second kappa shape index (κ2) is 10.0. The molecule has 0 bridgehead atoms. The fourth-order valence-electron chi connectivity index (χ4n) is 2.62. The first-order valence-electron chi connectivity index (χ1n) is 9.74. The Morgan fingerprint density at radius 3 is 2.40 bits per heavy atom.